The fourth-order valence-corrected chi connectivity index (χ4v) is 3.45. The van der Waals surface area contributed by atoms with E-state index >= 15 is 0 Å². The lowest BCUT2D eigenvalue weighted by atomic mass is 9.64. The molecule has 2 heteroatoms. The highest BCUT2D eigenvalue weighted by Crippen LogP contribution is 2.53. The maximum atomic E-state index is 10.3. The second-order valence-electron chi connectivity index (χ2n) is 7.08. The van der Waals surface area contributed by atoms with Gasteiger partial charge in [-0.05, 0) is 51.3 Å². The van der Waals surface area contributed by atoms with Gasteiger partial charge in [-0.3, -0.25) is 0 Å². The van der Waals surface area contributed by atoms with Crippen molar-refractivity contribution in [3.63, 3.8) is 0 Å². The summed E-state index contributed by atoms with van der Waals surface area (Å²) in [4.78, 5) is 0. The van der Waals surface area contributed by atoms with Gasteiger partial charge in [0, 0.05) is 16.9 Å². The van der Waals surface area contributed by atoms with E-state index in [1.807, 2.05) is 20.8 Å². The molecule has 0 amide bonds. The van der Waals surface area contributed by atoms with Gasteiger partial charge in [0.2, 0.25) is 0 Å². The first-order valence-electron chi connectivity index (χ1n) is 7.04. The van der Waals surface area contributed by atoms with E-state index in [1.54, 1.807) is 0 Å². The van der Waals surface area contributed by atoms with Crippen LogP contribution >= 0.6 is 0 Å². The molecule has 1 atom stereocenters. The van der Waals surface area contributed by atoms with E-state index in [0.29, 0.717) is 11.7 Å². The van der Waals surface area contributed by atoms with Crippen molar-refractivity contribution in [3.8, 4) is 11.5 Å². The highest BCUT2D eigenvalue weighted by molar-refractivity contribution is 5.61. The molecule has 0 spiro atoms. The molecule has 1 unspecified atom stereocenters. The monoisotopic (exact) mass is 262 g/mol. The number of phenolic OH excluding ortho intramolecular Hbond substituents is 1. The van der Waals surface area contributed by atoms with Crippen LogP contribution in [0.2, 0.25) is 0 Å². The predicted molar refractivity (Wildman–Crippen MR) is 79.2 cm³/mol. The molecule has 0 aromatic heterocycles. The van der Waals surface area contributed by atoms with E-state index in [4.69, 9.17) is 4.74 Å². The summed E-state index contributed by atoms with van der Waals surface area (Å²) in [6.45, 7) is 17.0. The number of ether oxygens (including phenoxy) is 1. The minimum Gasteiger partial charge on any atom is -0.507 e. The van der Waals surface area contributed by atoms with Gasteiger partial charge in [0.05, 0.1) is 0 Å². The lowest BCUT2D eigenvalue weighted by Crippen LogP contribution is -2.50. The second kappa shape index (κ2) is 3.91. The van der Waals surface area contributed by atoms with Gasteiger partial charge in [0.25, 0.3) is 0 Å². The molecule has 1 N–H and O–H groups in total. The second-order valence-corrected chi connectivity index (χ2v) is 7.08. The molecule has 1 aliphatic heterocycles. The predicted octanol–water partition coefficient (Wildman–Crippen LogP) is 4.40. The largest absolute Gasteiger partial charge is 0.507 e. The van der Waals surface area contributed by atoms with Crippen molar-refractivity contribution in [2.24, 2.45) is 5.92 Å². The number of hydrogen-bond donors (Lipinski definition) is 1. The maximum Gasteiger partial charge on any atom is 0.127 e. The van der Waals surface area contributed by atoms with Crippen molar-refractivity contribution in [1.29, 1.82) is 0 Å². The minimum atomic E-state index is -0.197. The quantitative estimate of drug-likeness (QED) is 0.750. The van der Waals surface area contributed by atoms with E-state index in [2.05, 4.69) is 34.6 Å². The number of fused-ring (bicyclic) bond motifs is 1. The van der Waals surface area contributed by atoms with E-state index < -0.39 is 0 Å². The Morgan fingerprint density at radius 2 is 1.47 bits per heavy atom. The first-order valence-corrected chi connectivity index (χ1v) is 7.04. The zero-order valence-electron chi connectivity index (χ0n) is 13.4. The number of aromatic hydroxyl groups is 1. The summed E-state index contributed by atoms with van der Waals surface area (Å²) < 4.78 is 6.30. The Balaban J connectivity index is 2.86. The van der Waals surface area contributed by atoms with Crippen LogP contribution in [0.4, 0.5) is 0 Å². The molecule has 19 heavy (non-hydrogen) atoms. The first kappa shape index (κ1) is 14.2. The first-order chi connectivity index (χ1) is 8.51. The highest BCUT2D eigenvalue weighted by atomic mass is 16.5. The summed E-state index contributed by atoms with van der Waals surface area (Å²) in [5, 5.41) is 10.3. The minimum absolute atomic E-state index is 0.0168. The molecule has 0 radical (unpaired) electrons. The smallest absolute Gasteiger partial charge is 0.127 e. The van der Waals surface area contributed by atoms with Gasteiger partial charge >= 0.3 is 0 Å². The molecule has 0 aliphatic carbocycles. The fourth-order valence-electron chi connectivity index (χ4n) is 3.45. The Kier molecular flexibility index (Phi) is 2.93. The molecule has 1 heterocycles. The van der Waals surface area contributed by atoms with Crippen LogP contribution in [0, 0.1) is 26.7 Å². The Bertz CT molecular complexity index is 539. The van der Waals surface area contributed by atoms with Gasteiger partial charge in [-0.2, -0.15) is 0 Å². The van der Waals surface area contributed by atoms with Crippen molar-refractivity contribution < 1.29 is 9.84 Å². The standard InChI is InChI=1S/C17H26O2/c1-9-10(2)15-13(11(3)14(9)18)16(5,6)12(4)17(7,8)19-15/h12,18H,1-8H3. The summed E-state index contributed by atoms with van der Waals surface area (Å²) in [6, 6.07) is 0. The summed E-state index contributed by atoms with van der Waals surface area (Å²) in [7, 11) is 0. The van der Waals surface area contributed by atoms with Crippen molar-refractivity contribution >= 4 is 0 Å². The van der Waals surface area contributed by atoms with Gasteiger partial charge < -0.3 is 9.84 Å². The van der Waals surface area contributed by atoms with E-state index in [-0.39, 0.29) is 11.0 Å². The van der Waals surface area contributed by atoms with E-state index in [0.717, 1.165) is 22.4 Å². The van der Waals surface area contributed by atoms with Crippen LogP contribution in [-0.4, -0.2) is 10.7 Å². The molecule has 0 saturated heterocycles. The summed E-state index contributed by atoms with van der Waals surface area (Å²) in [6.07, 6.45) is 0. The molecule has 0 bridgehead atoms. The van der Waals surface area contributed by atoms with Crippen molar-refractivity contribution in [2.45, 2.75) is 66.4 Å². The van der Waals surface area contributed by atoms with Crippen LogP contribution in [0.15, 0.2) is 0 Å². The normalized spacial score (nSPS) is 23.7. The van der Waals surface area contributed by atoms with Gasteiger partial charge in [-0.15, -0.1) is 0 Å². The number of phenols is 1. The summed E-state index contributed by atoms with van der Waals surface area (Å²) in [5.41, 5.74) is 3.91. The van der Waals surface area contributed by atoms with Crippen LogP contribution in [0.3, 0.4) is 0 Å². The zero-order chi connectivity index (χ0) is 14.7. The third kappa shape index (κ3) is 1.76. The lowest BCUT2D eigenvalue weighted by Gasteiger charge is -2.49. The molecule has 0 saturated carbocycles. The Morgan fingerprint density at radius 1 is 0.947 bits per heavy atom. The molecular formula is C17H26O2. The Hall–Kier alpha value is -1.18. The number of benzene rings is 1. The topological polar surface area (TPSA) is 29.5 Å². The van der Waals surface area contributed by atoms with E-state index in [1.165, 1.54) is 5.56 Å². The lowest BCUT2D eigenvalue weighted by molar-refractivity contribution is -0.00578. The Labute approximate surface area is 116 Å². The summed E-state index contributed by atoms with van der Waals surface area (Å²) in [5.74, 6) is 1.76. The molecule has 1 aromatic carbocycles. The van der Waals surface area contributed by atoms with Crippen LogP contribution in [0.25, 0.3) is 0 Å². The third-order valence-corrected chi connectivity index (χ3v) is 5.35. The molecule has 2 rings (SSSR count). The Morgan fingerprint density at radius 3 is 2.00 bits per heavy atom. The maximum absolute atomic E-state index is 10.3. The zero-order valence-corrected chi connectivity index (χ0v) is 13.4. The molecule has 0 fully saturated rings. The van der Waals surface area contributed by atoms with Crippen LogP contribution in [0.5, 0.6) is 11.5 Å². The third-order valence-electron chi connectivity index (χ3n) is 5.35. The van der Waals surface area contributed by atoms with Crippen LogP contribution < -0.4 is 4.74 Å². The fraction of sp³-hybridized carbons (Fsp3) is 0.647. The van der Waals surface area contributed by atoms with Crippen LogP contribution in [-0.2, 0) is 5.41 Å². The van der Waals surface area contributed by atoms with Gasteiger partial charge in [-0.1, -0.05) is 20.8 Å². The molecular weight excluding hydrogens is 236 g/mol. The number of hydrogen-bond acceptors (Lipinski definition) is 2. The average Bonchev–Trinajstić information content (AvgIpc) is 2.30. The average molecular weight is 262 g/mol. The number of rotatable bonds is 0. The van der Waals surface area contributed by atoms with Crippen molar-refractivity contribution in [2.75, 3.05) is 0 Å². The molecule has 1 aromatic rings. The molecule has 2 nitrogen and oxygen atoms in total. The van der Waals surface area contributed by atoms with Crippen molar-refractivity contribution in [1.82, 2.24) is 0 Å². The summed E-state index contributed by atoms with van der Waals surface area (Å²) >= 11 is 0. The van der Waals surface area contributed by atoms with Gasteiger partial charge in [0.15, 0.2) is 0 Å². The van der Waals surface area contributed by atoms with Crippen LogP contribution in [0.1, 0.15) is 56.9 Å². The van der Waals surface area contributed by atoms with Crippen molar-refractivity contribution in [3.05, 3.63) is 22.3 Å². The SMILES string of the molecule is Cc1c(C)c2c(c(C)c1O)C(C)(C)C(C)C(C)(C)O2. The highest BCUT2D eigenvalue weighted by Gasteiger charge is 2.47. The van der Waals surface area contributed by atoms with Gasteiger partial charge in [0.1, 0.15) is 17.1 Å². The van der Waals surface area contributed by atoms with Gasteiger partial charge in [-0.25, -0.2) is 0 Å². The van der Waals surface area contributed by atoms with E-state index in [9.17, 15) is 5.11 Å². The molecule has 1 aliphatic rings. The molecule has 106 valence electrons.